The average molecular weight is 549 g/mol. The third kappa shape index (κ3) is 6.32. The van der Waals surface area contributed by atoms with Crippen LogP contribution >= 0.6 is 11.6 Å². The predicted octanol–water partition coefficient (Wildman–Crippen LogP) is 4.28. The zero-order valence-corrected chi connectivity index (χ0v) is 22.3. The number of nitrogens with two attached hydrogens (primary N) is 1. The van der Waals surface area contributed by atoms with Gasteiger partial charge >= 0.3 is 5.97 Å². The second-order valence-electron chi connectivity index (χ2n) is 9.04. The number of ether oxygens (including phenoxy) is 1. The van der Waals surface area contributed by atoms with Crippen LogP contribution in [0.5, 0.6) is 5.75 Å². The molecule has 1 amide bonds. The predicted molar refractivity (Wildman–Crippen MR) is 152 cm³/mol. The van der Waals surface area contributed by atoms with E-state index >= 15 is 0 Å². The first kappa shape index (κ1) is 27.5. The summed E-state index contributed by atoms with van der Waals surface area (Å²) in [5, 5.41) is 15.8. The molecule has 1 aromatic heterocycles. The molecule has 9 nitrogen and oxygen atoms in total. The van der Waals surface area contributed by atoms with E-state index in [9.17, 15) is 14.4 Å². The first-order valence-corrected chi connectivity index (χ1v) is 12.6. The number of hydrogen-bond acceptors (Lipinski definition) is 6. The number of halogens is 1. The zero-order valence-electron chi connectivity index (χ0n) is 21.6. The van der Waals surface area contributed by atoms with Gasteiger partial charge in [0.2, 0.25) is 5.91 Å². The molecule has 0 aliphatic rings. The Morgan fingerprint density at radius 3 is 2.46 bits per heavy atom. The van der Waals surface area contributed by atoms with Crippen LogP contribution in [-0.2, 0) is 22.4 Å². The molecular formula is C29H29ClN4O5. The van der Waals surface area contributed by atoms with Gasteiger partial charge in [-0.15, -0.1) is 0 Å². The topological polar surface area (TPSA) is 136 Å². The number of hydrogen-bond donors (Lipinski definition) is 4. The Morgan fingerprint density at radius 2 is 1.79 bits per heavy atom. The van der Waals surface area contributed by atoms with Gasteiger partial charge in [0.05, 0.1) is 30.4 Å². The van der Waals surface area contributed by atoms with Gasteiger partial charge in [0.25, 0.3) is 5.91 Å². The summed E-state index contributed by atoms with van der Waals surface area (Å²) in [4.78, 5) is 37.2. The van der Waals surface area contributed by atoms with Gasteiger partial charge in [0, 0.05) is 28.2 Å². The number of aliphatic carboxylic acids is 1. The van der Waals surface area contributed by atoms with Crippen LogP contribution in [0.2, 0.25) is 5.02 Å². The average Bonchev–Trinajstić information content (AvgIpc) is 3.18. The summed E-state index contributed by atoms with van der Waals surface area (Å²) >= 11 is 6.00. The molecule has 4 aromatic rings. The highest BCUT2D eigenvalue weighted by Gasteiger charge is 2.22. The number of carboxylic acids is 1. The first-order valence-electron chi connectivity index (χ1n) is 12.3. The van der Waals surface area contributed by atoms with Crippen LogP contribution in [0.1, 0.15) is 27.2 Å². The van der Waals surface area contributed by atoms with E-state index in [0.717, 1.165) is 16.5 Å². The van der Waals surface area contributed by atoms with Crippen LogP contribution in [0, 0.1) is 6.92 Å². The fourth-order valence-electron chi connectivity index (χ4n) is 4.46. The molecule has 0 aliphatic carbocycles. The third-order valence-corrected chi connectivity index (χ3v) is 6.71. The molecule has 202 valence electrons. The van der Waals surface area contributed by atoms with Crippen molar-refractivity contribution in [3.63, 3.8) is 0 Å². The second-order valence-corrected chi connectivity index (χ2v) is 9.48. The van der Waals surface area contributed by atoms with Crippen LogP contribution < -0.4 is 21.1 Å². The highest BCUT2D eigenvalue weighted by Crippen LogP contribution is 2.31. The largest absolute Gasteiger partial charge is 0.497 e. The van der Waals surface area contributed by atoms with Gasteiger partial charge in [0.1, 0.15) is 12.3 Å². The maximum absolute atomic E-state index is 13.4. The standard InChI is InChI=1S/C29H29ClN4O5/c1-17-22(15-27(35)32-12-11-18-3-9-25(24(31)13-18)33-16-28(36)37)23-14-21(39-2)8-10-26(23)34(17)29(38)19-4-6-20(30)7-5-19/h3-10,13-14,33H,11-12,15-16,31H2,1-2H3,(H,32,35)(H,36,37). The van der Waals surface area contributed by atoms with Crippen LogP contribution in [0.4, 0.5) is 11.4 Å². The molecule has 39 heavy (non-hydrogen) atoms. The monoisotopic (exact) mass is 548 g/mol. The van der Waals surface area contributed by atoms with E-state index in [1.165, 1.54) is 0 Å². The molecule has 0 unspecified atom stereocenters. The SMILES string of the molecule is COc1ccc2c(c1)c(CC(=O)NCCc1ccc(NCC(=O)O)c(N)c1)c(C)n2C(=O)c1ccc(Cl)cc1. The third-order valence-electron chi connectivity index (χ3n) is 6.46. The molecule has 0 fully saturated rings. The second kappa shape index (κ2) is 11.9. The van der Waals surface area contributed by atoms with E-state index in [2.05, 4.69) is 10.6 Å². The summed E-state index contributed by atoms with van der Waals surface area (Å²) < 4.78 is 7.01. The number of carboxylic acid groups (broad SMARTS) is 1. The number of nitrogens with zero attached hydrogens (tertiary/aromatic N) is 1. The maximum atomic E-state index is 13.4. The molecule has 0 aliphatic heterocycles. The summed E-state index contributed by atoms with van der Waals surface area (Å²) in [5.41, 5.74) is 10.5. The molecule has 0 saturated heterocycles. The molecule has 0 atom stereocenters. The van der Waals surface area contributed by atoms with Crippen molar-refractivity contribution in [1.29, 1.82) is 0 Å². The number of nitrogens with one attached hydrogen (secondary N) is 2. The number of benzene rings is 3. The van der Waals surface area contributed by atoms with Crippen LogP contribution in [0.25, 0.3) is 10.9 Å². The van der Waals surface area contributed by atoms with Crippen LogP contribution in [0.3, 0.4) is 0 Å². The van der Waals surface area contributed by atoms with Crippen molar-refractivity contribution < 1.29 is 24.2 Å². The fourth-order valence-corrected chi connectivity index (χ4v) is 4.59. The Balaban J connectivity index is 1.50. The van der Waals surface area contributed by atoms with Gasteiger partial charge in [-0.25, -0.2) is 0 Å². The molecule has 5 N–H and O–H groups in total. The quantitative estimate of drug-likeness (QED) is 0.217. The Bertz CT molecular complexity index is 1550. The number of carbonyl (C=O) groups is 3. The highest BCUT2D eigenvalue weighted by molar-refractivity contribution is 6.30. The van der Waals surface area contributed by atoms with Crippen molar-refractivity contribution in [2.45, 2.75) is 19.8 Å². The molecule has 0 spiro atoms. The summed E-state index contributed by atoms with van der Waals surface area (Å²) in [6.45, 7) is 1.98. The maximum Gasteiger partial charge on any atom is 0.322 e. The molecule has 0 radical (unpaired) electrons. The zero-order chi connectivity index (χ0) is 28.1. The summed E-state index contributed by atoms with van der Waals surface area (Å²) in [6.07, 6.45) is 0.620. The van der Waals surface area contributed by atoms with Crippen molar-refractivity contribution in [3.05, 3.63) is 88.1 Å². The van der Waals surface area contributed by atoms with E-state index < -0.39 is 5.97 Å². The minimum atomic E-state index is -0.979. The smallest absolute Gasteiger partial charge is 0.322 e. The summed E-state index contributed by atoms with van der Waals surface area (Å²) in [7, 11) is 1.57. The normalized spacial score (nSPS) is 10.8. The lowest BCUT2D eigenvalue weighted by molar-refractivity contribution is -0.135. The summed E-state index contributed by atoms with van der Waals surface area (Å²) in [5.74, 6) is -0.761. The van der Waals surface area contributed by atoms with Gasteiger partial charge in [-0.2, -0.15) is 0 Å². The molecule has 3 aromatic carbocycles. The molecule has 10 heteroatoms. The van der Waals surface area contributed by atoms with Crippen LogP contribution in [-0.4, -0.2) is 47.7 Å². The molecule has 0 bridgehead atoms. The Labute approximate surface area is 230 Å². The number of fused-ring (bicyclic) bond motifs is 1. The van der Waals surface area contributed by atoms with Crippen molar-refractivity contribution in [2.75, 3.05) is 31.2 Å². The van der Waals surface area contributed by atoms with Gasteiger partial charge in [-0.3, -0.25) is 19.0 Å². The minimum Gasteiger partial charge on any atom is -0.497 e. The number of rotatable bonds is 10. The van der Waals surface area contributed by atoms with E-state index in [-0.39, 0.29) is 24.8 Å². The summed E-state index contributed by atoms with van der Waals surface area (Å²) in [6, 6.07) is 17.4. The fraction of sp³-hybridized carbons (Fsp3) is 0.207. The van der Waals surface area contributed by atoms with Gasteiger partial charge in [-0.1, -0.05) is 17.7 Å². The minimum absolute atomic E-state index is 0.0799. The Kier molecular flexibility index (Phi) is 8.41. The van der Waals surface area contributed by atoms with E-state index in [0.29, 0.717) is 51.9 Å². The Morgan fingerprint density at radius 1 is 1.05 bits per heavy atom. The molecule has 1 heterocycles. The van der Waals surface area contributed by atoms with Crippen molar-refractivity contribution in [3.8, 4) is 5.75 Å². The molecule has 4 rings (SSSR count). The van der Waals surface area contributed by atoms with Crippen molar-refractivity contribution in [1.82, 2.24) is 9.88 Å². The van der Waals surface area contributed by atoms with E-state index in [1.54, 1.807) is 54.1 Å². The van der Waals surface area contributed by atoms with Gasteiger partial charge in [-0.05, 0) is 79.1 Å². The van der Waals surface area contributed by atoms with E-state index in [1.807, 2.05) is 25.1 Å². The highest BCUT2D eigenvalue weighted by atomic mass is 35.5. The van der Waals surface area contributed by atoms with Gasteiger partial charge < -0.3 is 26.2 Å². The Hall–Kier alpha value is -4.50. The number of carbonyl (C=O) groups excluding carboxylic acids is 2. The molecular weight excluding hydrogens is 520 g/mol. The number of anilines is 2. The first-order chi connectivity index (χ1) is 18.7. The van der Waals surface area contributed by atoms with Crippen LogP contribution in [0.15, 0.2) is 60.7 Å². The van der Waals surface area contributed by atoms with Crippen molar-refractivity contribution in [2.24, 2.45) is 0 Å². The molecule has 0 saturated carbocycles. The van der Waals surface area contributed by atoms with Gasteiger partial charge in [0.15, 0.2) is 0 Å². The number of nitrogen functional groups attached to an aromatic ring is 1. The lowest BCUT2D eigenvalue weighted by Gasteiger charge is -2.10. The lowest BCUT2D eigenvalue weighted by Crippen LogP contribution is -2.27. The number of amides is 1. The van der Waals surface area contributed by atoms with Crippen molar-refractivity contribution >= 4 is 51.7 Å². The lowest BCUT2D eigenvalue weighted by atomic mass is 10.1. The van der Waals surface area contributed by atoms with E-state index in [4.69, 9.17) is 27.2 Å². The number of methoxy groups -OCH3 is 1. The number of aromatic nitrogens is 1.